The summed E-state index contributed by atoms with van der Waals surface area (Å²) in [6.45, 7) is 0. The van der Waals surface area contributed by atoms with Crippen molar-refractivity contribution < 1.29 is 4.79 Å². The first-order chi connectivity index (χ1) is 7.84. The number of anilines is 1. The maximum absolute atomic E-state index is 11.9. The van der Waals surface area contributed by atoms with E-state index in [4.69, 9.17) is 0 Å². The number of thiazole rings is 1. The number of amides is 1. The van der Waals surface area contributed by atoms with E-state index in [1.165, 1.54) is 11.3 Å². The quantitative estimate of drug-likeness (QED) is 0.829. The molecule has 0 unspecified atom stereocenters. The van der Waals surface area contributed by atoms with Gasteiger partial charge in [0.25, 0.3) is 5.91 Å². The number of nitrogens with one attached hydrogen (secondary N) is 2. The summed E-state index contributed by atoms with van der Waals surface area (Å²) in [6, 6.07) is 0. The van der Waals surface area contributed by atoms with E-state index in [2.05, 4.69) is 20.5 Å². The molecule has 2 aromatic heterocycles. The molecule has 2 heterocycles. The number of rotatable bonds is 2. The second kappa shape index (κ2) is 3.71. The predicted octanol–water partition coefficient (Wildman–Crippen LogP) is 1.61. The number of nitrogens with zero attached hydrogens (tertiary/aromatic N) is 2. The number of carbonyl (C=O) groups excluding carboxylic acids is 1. The molecule has 0 spiro atoms. The Morgan fingerprint density at radius 2 is 2.44 bits per heavy atom. The number of aromatic nitrogens is 3. The summed E-state index contributed by atoms with van der Waals surface area (Å²) >= 11 is 1.40. The molecule has 6 heteroatoms. The van der Waals surface area contributed by atoms with Crippen molar-refractivity contribution in [2.45, 2.75) is 19.3 Å². The lowest BCUT2D eigenvalue weighted by Crippen LogP contribution is -2.14. The van der Waals surface area contributed by atoms with Crippen molar-refractivity contribution in [2.24, 2.45) is 0 Å². The molecule has 2 aromatic rings. The van der Waals surface area contributed by atoms with Crippen molar-refractivity contribution >= 4 is 22.4 Å². The first-order valence-electron chi connectivity index (χ1n) is 5.11. The van der Waals surface area contributed by atoms with E-state index in [0.29, 0.717) is 10.8 Å². The highest BCUT2D eigenvalue weighted by molar-refractivity contribution is 7.13. The Hall–Kier alpha value is -1.69. The summed E-state index contributed by atoms with van der Waals surface area (Å²) in [5.74, 6) is -0.172. The van der Waals surface area contributed by atoms with E-state index < -0.39 is 0 Å². The summed E-state index contributed by atoms with van der Waals surface area (Å²) in [4.78, 5) is 15.9. The molecule has 1 amide bonds. The predicted molar refractivity (Wildman–Crippen MR) is 60.7 cm³/mol. The van der Waals surface area contributed by atoms with Crippen LogP contribution in [0.5, 0.6) is 0 Å². The van der Waals surface area contributed by atoms with Gasteiger partial charge in [0.05, 0.1) is 0 Å². The van der Waals surface area contributed by atoms with Gasteiger partial charge in [-0.05, 0) is 19.3 Å². The third-order valence-corrected chi connectivity index (χ3v) is 3.36. The molecule has 1 aliphatic rings. The Balaban J connectivity index is 1.84. The molecule has 1 aliphatic carbocycles. The number of H-pyrrole nitrogens is 1. The molecule has 0 saturated carbocycles. The van der Waals surface area contributed by atoms with Crippen LogP contribution in [-0.2, 0) is 12.8 Å². The molecule has 0 aliphatic heterocycles. The summed E-state index contributed by atoms with van der Waals surface area (Å²) in [5, 5.41) is 12.2. The molecule has 5 nitrogen and oxygen atoms in total. The average molecular weight is 234 g/mol. The molecule has 0 atom stereocenters. The number of aromatic amines is 1. The van der Waals surface area contributed by atoms with Gasteiger partial charge in [0, 0.05) is 22.8 Å². The molecule has 2 N–H and O–H groups in total. The second-order valence-corrected chi connectivity index (χ2v) is 4.57. The molecule has 0 saturated heterocycles. The monoisotopic (exact) mass is 234 g/mol. The van der Waals surface area contributed by atoms with E-state index in [1.807, 2.05) is 5.38 Å². The Bertz CT molecular complexity index is 517. The third-order valence-electron chi connectivity index (χ3n) is 2.67. The molecule has 0 aromatic carbocycles. The summed E-state index contributed by atoms with van der Waals surface area (Å²) < 4.78 is 0. The minimum atomic E-state index is -0.172. The third kappa shape index (κ3) is 1.51. The lowest BCUT2D eigenvalue weighted by molar-refractivity contribution is 0.102. The van der Waals surface area contributed by atoms with Gasteiger partial charge in [-0.3, -0.25) is 15.2 Å². The first kappa shape index (κ1) is 9.53. The van der Waals surface area contributed by atoms with Gasteiger partial charge in [-0.15, -0.1) is 11.3 Å². The van der Waals surface area contributed by atoms with Crippen LogP contribution in [-0.4, -0.2) is 21.1 Å². The molecular weight excluding hydrogens is 224 g/mol. The van der Waals surface area contributed by atoms with E-state index in [1.54, 1.807) is 6.20 Å². The molecule has 3 rings (SSSR count). The smallest absolute Gasteiger partial charge is 0.278 e. The maximum Gasteiger partial charge on any atom is 0.278 e. The van der Waals surface area contributed by atoms with Gasteiger partial charge in [0.1, 0.15) is 0 Å². The highest BCUT2D eigenvalue weighted by Gasteiger charge is 2.23. The SMILES string of the molecule is O=C(Nc1nccs1)c1n[nH]c2c1CCC2. The normalized spacial score (nSPS) is 13.8. The maximum atomic E-state index is 11.9. The summed E-state index contributed by atoms with van der Waals surface area (Å²) in [7, 11) is 0. The molecule has 0 radical (unpaired) electrons. The van der Waals surface area contributed by atoms with Crippen LogP contribution in [0, 0.1) is 0 Å². The second-order valence-electron chi connectivity index (χ2n) is 3.67. The number of hydrogen-bond donors (Lipinski definition) is 2. The fourth-order valence-electron chi connectivity index (χ4n) is 1.95. The number of hydrogen-bond acceptors (Lipinski definition) is 4. The molecule has 0 bridgehead atoms. The fraction of sp³-hybridized carbons (Fsp3) is 0.300. The molecular formula is C10H10N4OS. The van der Waals surface area contributed by atoms with Crippen LogP contribution in [0.15, 0.2) is 11.6 Å². The Kier molecular flexibility index (Phi) is 2.21. The van der Waals surface area contributed by atoms with Gasteiger partial charge < -0.3 is 0 Å². The van der Waals surface area contributed by atoms with E-state index in [-0.39, 0.29) is 5.91 Å². The van der Waals surface area contributed by atoms with Crippen LogP contribution in [0.3, 0.4) is 0 Å². The average Bonchev–Trinajstić information content (AvgIpc) is 2.92. The zero-order valence-corrected chi connectivity index (χ0v) is 9.30. The van der Waals surface area contributed by atoms with Crippen LogP contribution in [0.1, 0.15) is 28.2 Å². The van der Waals surface area contributed by atoms with Crippen molar-refractivity contribution in [3.05, 3.63) is 28.5 Å². The Morgan fingerprint density at radius 1 is 1.50 bits per heavy atom. The Labute approximate surface area is 95.9 Å². The standard InChI is InChI=1S/C10H10N4OS/c15-9(12-10-11-4-5-16-10)8-6-2-1-3-7(6)13-14-8/h4-5H,1-3H2,(H,13,14)(H,11,12,15). The lowest BCUT2D eigenvalue weighted by atomic mass is 10.2. The van der Waals surface area contributed by atoms with E-state index in [9.17, 15) is 4.79 Å². The zero-order chi connectivity index (χ0) is 11.0. The summed E-state index contributed by atoms with van der Waals surface area (Å²) in [6.07, 6.45) is 4.69. The van der Waals surface area contributed by atoms with Crippen molar-refractivity contribution in [3.63, 3.8) is 0 Å². The van der Waals surface area contributed by atoms with Crippen LogP contribution in [0.25, 0.3) is 0 Å². The fourth-order valence-corrected chi connectivity index (χ4v) is 2.47. The van der Waals surface area contributed by atoms with E-state index >= 15 is 0 Å². The van der Waals surface area contributed by atoms with Crippen molar-refractivity contribution in [1.29, 1.82) is 0 Å². The molecule has 82 valence electrons. The zero-order valence-electron chi connectivity index (χ0n) is 8.49. The van der Waals surface area contributed by atoms with Gasteiger partial charge in [-0.25, -0.2) is 4.98 Å². The Morgan fingerprint density at radius 3 is 3.25 bits per heavy atom. The van der Waals surface area contributed by atoms with Gasteiger partial charge >= 0.3 is 0 Å². The first-order valence-corrected chi connectivity index (χ1v) is 5.99. The number of aryl methyl sites for hydroxylation is 1. The minimum absolute atomic E-state index is 0.172. The summed E-state index contributed by atoms with van der Waals surface area (Å²) in [5.41, 5.74) is 2.68. The van der Waals surface area contributed by atoms with Crippen molar-refractivity contribution in [1.82, 2.24) is 15.2 Å². The van der Waals surface area contributed by atoms with Crippen molar-refractivity contribution in [3.8, 4) is 0 Å². The van der Waals surface area contributed by atoms with Crippen LogP contribution >= 0.6 is 11.3 Å². The van der Waals surface area contributed by atoms with E-state index in [0.717, 1.165) is 30.5 Å². The van der Waals surface area contributed by atoms with Gasteiger partial charge in [0.15, 0.2) is 10.8 Å². The molecule has 0 fully saturated rings. The highest BCUT2D eigenvalue weighted by atomic mass is 32.1. The van der Waals surface area contributed by atoms with Crippen molar-refractivity contribution in [2.75, 3.05) is 5.32 Å². The largest absolute Gasteiger partial charge is 0.296 e. The number of carbonyl (C=O) groups is 1. The molecule has 16 heavy (non-hydrogen) atoms. The minimum Gasteiger partial charge on any atom is -0.296 e. The van der Waals surface area contributed by atoms with Crippen LogP contribution < -0.4 is 5.32 Å². The topological polar surface area (TPSA) is 70.7 Å². The van der Waals surface area contributed by atoms with Crippen LogP contribution in [0.4, 0.5) is 5.13 Å². The van der Waals surface area contributed by atoms with Gasteiger partial charge in [0.2, 0.25) is 0 Å². The van der Waals surface area contributed by atoms with Gasteiger partial charge in [-0.2, -0.15) is 5.10 Å². The lowest BCUT2D eigenvalue weighted by Gasteiger charge is -1.99. The highest BCUT2D eigenvalue weighted by Crippen LogP contribution is 2.23. The number of fused-ring (bicyclic) bond motifs is 1. The van der Waals surface area contributed by atoms with Gasteiger partial charge in [-0.1, -0.05) is 0 Å². The van der Waals surface area contributed by atoms with Crippen LogP contribution in [0.2, 0.25) is 0 Å².